The molecular formula is C24H40O3. The predicted octanol–water partition coefficient (Wildman–Crippen LogP) is 5.21. The van der Waals surface area contributed by atoms with Crippen LogP contribution >= 0.6 is 0 Å². The molecule has 0 aliphatic heterocycles. The van der Waals surface area contributed by atoms with E-state index in [1.165, 1.54) is 58.5 Å². The van der Waals surface area contributed by atoms with E-state index in [1.807, 2.05) is 0 Å². The van der Waals surface area contributed by atoms with Gasteiger partial charge in [-0.1, -0.05) is 33.6 Å². The number of aliphatic hydroxyl groups is 1. The molecule has 9 atom stereocenters. The molecule has 3 unspecified atom stereocenters. The summed E-state index contributed by atoms with van der Waals surface area (Å²) in [5, 5.41) is 11.3. The Morgan fingerprint density at radius 3 is 2.56 bits per heavy atom. The number of aliphatic hydroxyl groups excluding tert-OH is 1. The lowest BCUT2D eigenvalue weighted by molar-refractivity contribution is -0.165. The van der Waals surface area contributed by atoms with Gasteiger partial charge in [0.05, 0.1) is 13.2 Å². The van der Waals surface area contributed by atoms with Crippen LogP contribution in [0.3, 0.4) is 0 Å². The lowest BCUT2D eigenvalue weighted by Gasteiger charge is -2.62. The number of rotatable bonds is 3. The molecule has 27 heavy (non-hydrogen) atoms. The maximum atomic E-state index is 11.9. The number of esters is 1. The molecule has 4 rings (SSSR count). The van der Waals surface area contributed by atoms with Crippen LogP contribution in [-0.2, 0) is 9.53 Å². The summed E-state index contributed by atoms with van der Waals surface area (Å²) in [5.74, 6) is 3.46. The standard InChI is InChI=1S/C24H40O3/c1-15(13-21(26)27-4)17-8-9-18-22-19(10-12-24(17,18)3)23(2)11-6-5-7-16(23)14-20(22)25/h15-20,22,25H,5-14H2,1-4H3/t15-,16+,17-,18?,19?,20+,22?,23+,24-/m1/s1. The van der Waals surface area contributed by atoms with Crippen LogP contribution in [0.15, 0.2) is 0 Å². The van der Waals surface area contributed by atoms with Crippen molar-refractivity contribution in [2.75, 3.05) is 7.11 Å². The number of hydrogen-bond acceptors (Lipinski definition) is 3. The van der Waals surface area contributed by atoms with E-state index in [1.54, 1.807) is 0 Å². The lowest BCUT2D eigenvalue weighted by atomic mass is 9.44. The first kappa shape index (κ1) is 19.7. The normalized spacial score (nSPS) is 50.3. The van der Waals surface area contributed by atoms with Gasteiger partial charge in [-0.2, -0.15) is 0 Å². The number of hydrogen-bond donors (Lipinski definition) is 1. The predicted molar refractivity (Wildman–Crippen MR) is 107 cm³/mol. The Kier molecular flexibility index (Phi) is 5.15. The van der Waals surface area contributed by atoms with Gasteiger partial charge >= 0.3 is 5.97 Å². The fourth-order valence-corrected chi connectivity index (χ4v) is 8.72. The summed E-state index contributed by atoms with van der Waals surface area (Å²) in [5.41, 5.74) is 0.743. The fraction of sp³-hybridized carbons (Fsp3) is 0.958. The van der Waals surface area contributed by atoms with Crippen molar-refractivity contribution in [2.24, 2.45) is 46.3 Å². The fourth-order valence-electron chi connectivity index (χ4n) is 8.72. The van der Waals surface area contributed by atoms with Crippen molar-refractivity contribution in [1.29, 1.82) is 0 Å². The molecule has 0 aromatic heterocycles. The van der Waals surface area contributed by atoms with Gasteiger partial charge in [0, 0.05) is 6.42 Å². The van der Waals surface area contributed by atoms with Crippen LogP contribution in [-0.4, -0.2) is 24.3 Å². The summed E-state index contributed by atoms with van der Waals surface area (Å²) in [6, 6.07) is 0. The maximum absolute atomic E-state index is 11.9. The average molecular weight is 377 g/mol. The maximum Gasteiger partial charge on any atom is 0.305 e. The van der Waals surface area contributed by atoms with Gasteiger partial charge in [-0.05, 0) is 91.3 Å². The van der Waals surface area contributed by atoms with E-state index >= 15 is 0 Å². The molecule has 4 fully saturated rings. The highest BCUT2D eigenvalue weighted by molar-refractivity contribution is 5.69. The van der Waals surface area contributed by atoms with Gasteiger partial charge in [-0.25, -0.2) is 0 Å². The highest BCUT2D eigenvalue weighted by Gasteiger charge is 2.62. The molecule has 0 aromatic rings. The van der Waals surface area contributed by atoms with Crippen molar-refractivity contribution >= 4 is 5.97 Å². The van der Waals surface area contributed by atoms with Crippen LogP contribution in [0.5, 0.6) is 0 Å². The minimum absolute atomic E-state index is 0.0708. The molecule has 0 radical (unpaired) electrons. The van der Waals surface area contributed by atoms with E-state index in [0.29, 0.717) is 41.4 Å². The molecule has 3 heteroatoms. The molecule has 4 aliphatic rings. The Hall–Kier alpha value is -0.570. The van der Waals surface area contributed by atoms with Gasteiger partial charge in [0.25, 0.3) is 0 Å². The average Bonchev–Trinajstić information content (AvgIpc) is 2.99. The first-order valence-electron chi connectivity index (χ1n) is 11.6. The number of carbonyl (C=O) groups is 1. The summed E-state index contributed by atoms with van der Waals surface area (Å²) < 4.78 is 4.95. The summed E-state index contributed by atoms with van der Waals surface area (Å²) >= 11 is 0. The van der Waals surface area contributed by atoms with Crippen LogP contribution in [0, 0.1) is 46.3 Å². The second kappa shape index (κ2) is 7.04. The Bertz CT molecular complexity index is 574. The molecule has 0 bridgehead atoms. The molecular weight excluding hydrogens is 336 g/mol. The van der Waals surface area contributed by atoms with Gasteiger partial charge < -0.3 is 9.84 Å². The second-order valence-corrected chi connectivity index (χ2v) is 11.0. The molecule has 0 saturated heterocycles. The Morgan fingerprint density at radius 2 is 1.81 bits per heavy atom. The molecule has 1 N–H and O–H groups in total. The van der Waals surface area contributed by atoms with Crippen molar-refractivity contribution in [2.45, 2.75) is 91.1 Å². The molecule has 0 aromatic carbocycles. The summed E-state index contributed by atoms with van der Waals surface area (Å²) in [6.45, 7) is 7.30. The summed E-state index contributed by atoms with van der Waals surface area (Å²) in [6.07, 6.45) is 11.9. The zero-order chi connectivity index (χ0) is 19.4. The quantitative estimate of drug-likeness (QED) is 0.688. The summed E-state index contributed by atoms with van der Waals surface area (Å²) in [4.78, 5) is 11.9. The molecule has 0 amide bonds. The smallest absolute Gasteiger partial charge is 0.305 e. The van der Waals surface area contributed by atoms with E-state index in [4.69, 9.17) is 4.74 Å². The van der Waals surface area contributed by atoms with Gasteiger partial charge in [-0.3, -0.25) is 4.79 Å². The van der Waals surface area contributed by atoms with E-state index in [2.05, 4.69) is 20.8 Å². The topological polar surface area (TPSA) is 46.5 Å². The number of methoxy groups -OCH3 is 1. The number of fused-ring (bicyclic) bond motifs is 5. The van der Waals surface area contributed by atoms with Crippen LogP contribution in [0.4, 0.5) is 0 Å². The zero-order valence-electron chi connectivity index (χ0n) is 17.9. The highest BCUT2D eigenvalue weighted by atomic mass is 16.5. The number of carbonyl (C=O) groups excluding carboxylic acids is 1. The van der Waals surface area contributed by atoms with Gasteiger partial charge in [0.1, 0.15) is 0 Å². The third-order valence-electron chi connectivity index (χ3n) is 10.1. The molecule has 3 nitrogen and oxygen atoms in total. The van der Waals surface area contributed by atoms with E-state index in [9.17, 15) is 9.90 Å². The molecule has 4 saturated carbocycles. The van der Waals surface area contributed by atoms with Crippen molar-refractivity contribution in [3.8, 4) is 0 Å². The largest absolute Gasteiger partial charge is 0.469 e. The summed E-state index contributed by atoms with van der Waals surface area (Å²) in [7, 11) is 1.50. The van der Waals surface area contributed by atoms with Crippen LogP contribution in [0.2, 0.25) is 0 Å². The van der Waals surface area contributed by atoms with Gasteiger partial charge in [0.15, 0.2) is 0 Å². The zero-order valence-corrected chi connectivity index (χ0v) is 17.9. The first-order chi connectivity index (χ1) is 12.8. The minimum Gasteiger partial charge on any atom is -0.469 e. The molecule has 0 spiro atoms. The molecule has 154 valence electrons. The SMILES string of the molecule is COC(=O)C[C@@H](C)[C@H]1CCC2C3C(CC[C@@]21C)[C@@]1(C)CCCC[C@H]1C[C@@H]3O. The highest BCUT2D eigenvalue weighted by Crippen LogP contribution is 2.68. The Balaban J connectivity index is 1.58. The Morgan fingerprint density at radius 1 is 1.07 bits per heavy atom. The van der Waals surface area contributed by atoms with Gasteiger partial charge in [0.2, 0.25) is 0 Å². The minimum atomic E-state index is -0.106. The van der Waals surface area contributed by atoms with Gasteiger partial charge in [-0.15, -0.1) is 0 Å². The number of ether oxygens (including phenoxy) is 1. The molecule has 4 aliphatic carbocycles. The van der Waals surface area contributed by atoms with E-state index < -0.39 is 0 Å². The second-order valence-electron chi connectivity index (χ2n) is 11.0. The van der Waals surface area contributed by atoms with Crippen LogP contribution in [0.25, 0.3) is 0 Å². The van der Waals surface area contributed by atoms with Crippen molar-refractivity contribution in [3.05, 3.63) is 0 Å². The molecule has 0 heterocycles. The lowest BCUT2D eigenvalue weighted by Crippen LogP contribution is -2.57. The third kappa shape index (κ3) is 2.98. The third-order valence-corrected chi connectivity index (χ3v) is 10.1. The first-order valence-corrected chi connectivity index (χ1v) is 11.6. The van der Waals surface area contributed by atoms with Crippen molar-refractivity contribution in [1.82, 2.24) is 0 Å². The van der Waals surface area contributed by atoms with Crippen LogP contribution in [0.1, 0.15) is 85.0 Å². The monoisotopic (exact) mass is 376 g/mol. The van der Waals surface area contributed by atoms with E-state index in [-0.39, 0.29) is 17.5 Å². The Labute approximate surface area is 165 Å². The van der Waals surface area contributed by atoms with Crippen molar-refractivity contribution in [3.63, 3.8) is 0 Å². The van der Waals surface area contributed by atoms with E-state index in [0.717, 1.165) is 12.3 Å². The van der Waals surface area contributed by atoms with Crippen molar-refractivity contribution < 1.29 is 14.6 Å². The van der Waals surface area contributed by atoms with Crippen LogP contribution < -0.4 is 0 Å².